The van der Waals surface area contributed by atoms with Crippen LogP contribution in [0.4, 0.5) is 0 Å². The molecular weight excluding hydrogens is 514 g/mol. The number of hydrogen-bond acceptors (Lipinski definition) is 4. The van der Waals surface area contributed by atoms with E-state index in [-0.39, 0.29) is 0 Å². The van der Waals surface area contributed by atoms with E-state index in [9.17, 15) is 0 Å². The Morgan fingerprint density at radius 1 is 0.500 bits per heavy atom. The van der Waals surface area contributed by atoms with Crippen molar-refractivity contribution in [1.82, 2.24) is 15.0 Å². The summed E-state index contributed by atoms with van der Waals surface area (Å²) >= 11 is 6.62. The van der Waals surface area contributed by atoms with Crippen LogP contribution in [0.25, 0.3) is 77.6 Å². The van der Waals surface area contributed by atoms with Gasteiger partial charge in [0.15, 0.2) is 23.1 Å². The van der Waals surface area contributed by atoms with Crippen LogP contribution in [0.2, 0.25) is 5.02 Å². The molecule has 188 valence electrons. The number of halogens is 1. The zero-order valence-corrected chi connectivity index (χ0v) is 21.9. The largest absolute Gasteiger partial charge is 0.454 e. The van der Waals surface area contributed by atoms with Crippen LogP contribution >= 0.6 is 11.6 Å². The molecule has 2 aromatic heterocycles. The average Bonchev–Trinajstić information content (AvgIpc) is 3.41. The molecule has 0 saturated carbocycles. The molecule has 0 aliphatic rings. The number of fused-ring (bicyclic) bond motifs is 5. The second kappa shape index (κ2) is 9.01. The predicted octanol–water partition coefficient (Wildman–Crippen LogP) is 9.73. The fourth-order valence-corrected chi connectivity index (χ4v) is 5.67. The van der Waals surface area contributed by atoms with E-state index >= 15 is 0 Å². The molecule has 4 nitrogen and oxygen atoms in total. The second-order valence-corrected chi connectivity index (χ2v) is 10.2. The smallest absolute Gasteiger partial charge is 0.164 e. The first-order valence-corrected chi connectivity index (χ1v) is 13.4. The maximum Gasteiger partial charge on any atom is 0.164 e. The highest BCUT2D eigenvalue weighted by Gasteiger charge is 2.20. The quantitative estimate of drug-likeness (QED) is 0.227. The summed E-state index contributed by atoms with van der Waals surface area (Å²) in [4.78, 5) is 15.1. The summed E-state index contributed by atoms with van der Waals surface area (Å²) in [6.45, 7) is 0. The zero-order chi connectivity index (χ0) is 26.6. The standard InChI is InChI=1S/C35H20ClN3O/c36-29-19-18-28(31-27-13-5-6-15-30(27)40-32(29)31)35-38-33(24-17-16-21-8-1-2-10-23(21)20-24)37-34(39-35)26-14-7-11-22-9-3-4-12-25(22)26/h1-20H. The van der Waals surface area contributed by atoms with Crippen molar-refractivity contribution in [3.63, 3.8) is 0 Å². The van der Waals surface area contributed by atoms with Gasteiger partial charge in [0.05, 0.1) is 5.02 Å². The van der Waals surface area contributed by atoms with Crippen molar-refractivity contribution in [3.05, 3.63) is 126 Å². The fourth-order valence-electron chi connectivity index (χ4n) is 5.48. The maximum absolute atomic E-state index is 6.62. The van der Waals surface area contributed by atoms with Gasteiger partial charge in [0.1, 0.15) is 5.58 Å². The van der Waals surface area contributed by atoms with Crippen molar-refractivity contribution >= 4 is 55.1 Å². The van der Waals surface area contributed by atoms with Gasteiger partial charge >= 0.3 is 0 Å². The Bertz CT molecular complexity index is 2250. The number of furan rings is 1. The molecule has 0 radical (unpaired) electrons. The Morgan fingerprint density at radius 3 is 2.05 bits per heavy atom. The van der Waals surface area contributed by atoms with Crippen LogP contribution < -0.4 is 0 Å². The van der Waals surface area contributed by atoms with Crippen LogP contribution in [0.3, 0.4) is 0 Å². The normalized spacial score (nSPS) is 11.6. The van der Waals surface area contributed by atoms with Crippen molar-refractivity contribution in [3.8, 4) is 34.2 Å². The summed E-state index contributed by atoms with van der Waals surface area (Å²) in [5.41, 5.74) is 4.11. The highest BCUT2D eigenvalue weighted by atomic mass is 35.5. The van der Waals surface area contributed by atoms with E-state index in [0.717, 1.165) is 49.2 Å². The molecule has 0 aliphatic heterocycles. The molecule has 5 heteroatoms. The predicted molar refractivity (Wildman–Crippen MR) is 163 cm³/mol. The number of aromatic nitrogens is 3. The van der Waals surface area contributed by atoms with Crippen molar-refractivity contribution in [2.24, 2.45) is 0 Å². The third-order valence-electron chi connectivity index (χ3n) is 7.39. The lowest BCUT2D eigenvalue weighted by Crippen LogP contribution is -2.01. The fraction of sp³-hybridized carbons (Fsp3) is 0. The molecule has 2 heterocycles. The van der Waals surface area contributed by atoms with E-state index in [1.54, 1.807) is 0 Å². The molecule has 0 saturated heterocycles. The van der Waals surface area contributed by atoms with Gasteiger partial charge in [0.2, 0.25) is 0 Å². The van der Waals surface area contributed by atoms with E-state index in [1.807, 2.05) is 66.7 Å². The van der Waals surface area contributed by atoms with Gasteiger partial charge in [0.25, 0.3) is 0 Å². The van der Waals surface area contributed by atoms with Crippen LogP contribution in [0.1, 0.15) is 0 Å². The molecule has 0 aliphatic carbocycles. The molecular formula is C35H20ClN3O. The van der Waals surface area contributed by atoms with E-state index in [2.05, 4.69) is 54.6 Å². The van der Waals surface area contributed by atoms with Crippen LogP contribution in [0.15, 0.2) is 126 Å². The molecule has 0 unspecified atom stereocenters. The first-order chi connectivity index (χ1) is 19.7. The second-order valence-electron chi connectivity index (χ2n) is 9.79. The third kappa shape index (κ3) is 3.65. The third-order valence-corrected chi connectivity index (χ3v) is 7.69. The van der Waals surface area contributed by atoms with Crippen LogP contribution in [0.5, 0.6) is 0 Å². The number of benzene rings is 6. The van der Waals surface area contributed by atoms with Gasteiger partial charge in [0, 0.05) is 27.5 Å². The summed E-state index contributed by atoms with van der Waals surface area (Å²) in [6, 6.07) is 40.9. The van der Waals surface area contributed by atoms with Crippen LogP contribution in [-0.4, -0.2) is 15.0 Å². The molecule has 6 aromatic carbocycles. The first kappa shape index (κ1) is 22.9. The number of rotatable bonds is 3. The Kier molecular flexibility index (Phi) is 5.15. The lowest BCUT2D eigenvalue weighted by Gasteiger charge is -2.11. The van der Waals surface area contributed by atoms with Gasteiger partial charge in [-0.15, -0.1) is 0 Å². The minimum absolute atomic E-state index is 0.549. The number of para-hydroxylation sites is 1. The van der Waals surface area contributed by atoms with Gasteiger partial charge in [-0.05, 0) is 45.8 Å². The number of nitrogens with zero attached hydrogens (tertiary/aromatic N) is 3. The summed E-state index contributed by atoms with van der Waals surface area (Å²) in [6.07, 6.45) is 0. The summed E-state index contributed by atoms with van der Waals surface area (Å²) in [5.74, 6) is 1.78. The van der Waals surface area contributed by atoms with Gasteiger partial charge in [-0.25, -0.2) is 15.0 Å². The molecule has 0 N–H and O–H groups in total. The van der Waals surface area contributed by atoms with Crippen molar-refractivity contribution in [2.45, 2.75) is 0 Å². The minimum Gasteiger partial charge on any atom is -0.454 e. The monoisotopic (exact) mass is 533 g/mol. The van der Waals surface area contributed by atoms with E-state index in [0.29, 0.717) is 28.1 Å². The van der Waals surface area contributed by atoms with Crippen molar-refractivity contribution in [2.75, 3.05) is 0 Å². The summed E-state index contributed by atoms with van der Waals surface area (Å²) in [7, 11) is 0. The van der Waals surface area contributed by atoms with Crippen LogP contribution in [-0.2, 0) is 0 Å². The molecule has 8 rings (SSSR count). The minimum atomic E-state index is 0.549. The van der Waals surface area contributed by atoms with E-state index in [4.69, 9.17) is 31.0 Å². The first-order valence-electron chi connectivity index (χ1n) is 13.1. The molecule has 0 amide bonds. The Labute approximate surface area is 234 Å². The Morgan fingerprint density at radius 2 is 1.18 bits per heavy atom. The lowest BCUT2D eigenvalue weighted by atomic mass is 10.0. The Balaban J connectivity index is 1.44. The van der Waals surface area contributed by atoms with Gasteiger partial charge in [-0.2, -0.15) is 0 Å². The summed E-state index contributed by atoms with van der Waals surface area (Å²) < 4.78 is 6.18. The molecule has 0 fully saturated rings. The Hall–Kier alpha value is -5.06. The highest BCUT2D eigenvalue weighted by Crippen LogP contribution is 2.40. The van der Waals surface area contributed by atoms with Gasteiger partial charge in [-0.1, -0.05) is 109 Å². The van der Waals surface area contributed by atoms with Crippen molar-refractivity contribution < 1.29 is 4.42 Å². The van der Waals surface area contributed by atoms with Gasteiger partial charge in [-0.3, -0.25) is 0 Å². The molecule has 0 atom stereocenters. The van der Waals surface area contributed by atoms with Crippen LogP contribution in [0, 0.1) is 0 Å². The SMILES string of the molecule is Clc1ccc(-c2nc(-c3ccc4ccccc4c3)nc(-c3cccc4ccccc34)n2)c2c1oc1ccccc12. The average molecular weight is 534 g/mol. The zero-order valence-electron chi connectivity index (χ0n) is 21.2. The molecule has 8 aromatic rings. The van der Waals surface area contributed by atoms with Gasteiger partial charge < -0.3 is 4.42 Å². The highest BCUT2D eigenvalue weighted by molar-refractivity contribution is 6.36. The van der Waals surface area contributed by atoms with E-state index in [1.165, 1.54) is 5.39 Å². The van der Waals surface area contributed by atoms with E-state index < -0.39 is 0 Å². The lowest BCUT2D eigenvalue weighted by molar-refractivity contribution is 0.669. The molecule has 0 spiro atoms. The molecule has 0 bridgehead atoms. The number of hydrogen-bond donors (Lipinski definition) is 0. The topological polar surface area (TPSA) is 51.8 Å². The van der Waals surface area contributed by atoms with Crippen molar-refractivity contribution in [1.29, 1.82) is 0 Å². The maximum atomic E-state index is 6.62. The summed E-state index contributed by atoms with van der Waals surface area (Å²) in [5, 5.41) is 6.91. The molecule has 40 heavy (non-hydrogen) atoms.